The van der Waals surface area contributed by atoms with Gasteiger partial charge in [0.05, 0.1) is 16.6 Å². The van der Waals surface area contributed by atoms with Crippen LogP contribution in [0, 0.1) is 0 Å². The van der Waals surface area contributed by atoms with E-state index in [-0.39, 0.29) is 22.1 Å². The Kier molecular flexibility index (Phi) is 4.80. The van der Waals surface area contributed by atoms with Crippen LogP contribution in [0.5, 0.6) is 0 Å². The number of carbonyl (C=O) groups excluding carboxylic acids is 1. The highest BCUT2D eigenvalue weighted by Crippen LogP contribution is 2.23. The molecule has 1 amide bonds. The van der Waals surface area contributed by atoms with Crippen molar-refractivity contribution in [2.75, 3.05) is 0 Å². The smallest absolute Gasteiger partial charge is 0.253 e. The highest BCUT2D eigenvalue weighted by Gasteiger charge is 2.16. The van der Waals surface area contributed by atoms with E-state index < -0.39 is 0 Å². The van der Waals surface area contributed by atoms with Crippen molar-refractivity contribution < 1.29 is 4.79 Å². The Balaban J connectivity index is 2.13. The number of hydrogen-bond acceptors (Lipinski definition) is 3. The molecule has 0 saturated heterocycles. The molecule has 0 radical (unpaired) electrons. The van der Waals surface area contributed by atoms with Gasteiger partial charge in [-0.25, -0.2) is 4.98 Å². The van der Waals surface area contributed by atoms with Gasteiger partial charge in [-0.1, -0.05) is 36.2 Å². The molecule has 1 unspecified atom stereocenters. The maximum absolute atomic E-state index is 12.1. The summed E-state index contributed by atoms with van der Waals surface area (Å²) in [4.78, 5) is 17.1. The second-order valence-electron chi connectivity index (χ2n) is 3.95. The van der Waals surface area contributed by atoms with Crippen LogP contribution in [-0.2, 0) is 0 Å². The zero-order valence-electron chi connectivity index (χ0n) is 10.2. The van der Waals surface area contributed by atoms with E-state index in [1.54, 1.807) is 11.3 Å². The third-order valence-electron chi connectivity index (χ3n) is 2.66. The number of thiophene rings is 1. The molecule has 2 aromatic heterocycles. The number of hydrogen-bond donors (Lipinski definition) is 1. The molecule has 0 bridgehead atoms. The van der Waals surface area contributed by atoms with Crippen LogP contribution < -0.4 is 5.32 Å². The molecule has 0 aliphatic rings. The predicted molar refractivity (Wildman–Crippen MR) is 79.1 cm³/mol. The van der Waals surface area contributed by atoms with E-state index >= 15 is 0 Å². The Morgan fingerprint density at radius 1 is 1.53 bits per heavy atom. The first-order valence-corrected chi connectivity index (χ1v) is 7.40. The van der Waals surface area contributed by atoms with Gasteiger partial charge in [-0.05, 0) is 23.9 Å². The van der Waals surface area contributed by atoms with Crippen molar-refractivity contribution in [2.45, 2.75) is 19.4 Å². The second-order valence-corrected chi connectivity index (χ2v) is 5.69. The number of amides is 1. The molecule has 100 valence electrons. The fourth-order valence-electron chi connectivity index (χ4n) is 1.65. The molecule has 2 aromatic rings. The van der Waals surface area contributed by atoms with Crippen molar-refractivity contribution in [3.8, 4) is 0 Å². The van der Waals surface area contributed by atoms with Gasteiger partial charge in [-0.15, -0.1) is 11.3 Å². The predicted octanol–water partition coefficient (Wildman–Crippen LogP) is 4.33. The summed E-state index contributed by atoms with van der Waals surface area (Å²) in [5, 5.41) is 5.43. The minimum Gasteiger partial charge on any atom is -0.344 e. The number of aromatic nitrogens is 1. The van der Waals surface area contributed by atoms with E-state index in [0.717, 1.165) is 11.3 Å². The Hall–Kier alpha value is -1.10. The topological polar surface area (TPSA) is 42.0 Å². The summed E-state index contributed by atoms with van der Waals surface area (Å²) in [6.45, 7) is 2.03. The van der Waals surface area contributed by atoms with Gasteiger partial charge in [0, 0.05) is 11.1 Å². The van der Waals surface area contributed by atoms with Gasteiger partial charge in [-0.3, -0.25) is 4.79 Å². The van der Waals surface area contributed by atoms with Crippen LogP contribution in [0.1, 0.15) is 34.6 Å². The van der Waals surface area contributed by atoms with Crippen LogP contribution in [-0.4, -0.2) is 10.9 Å². The molecular weight excluding hydrogens is 303 g/mol. The average Bonchev–Trinajstić information content (AvgIpc) is 2.92. The summed E-state index contributed by atoms with van der Waals surface area (Å²) in [5.41, 5.74) is 0.407. The molecule has 6 heteroatoms. The molecule has 0 saturated carbocycles. The first kappa shape index (κ1) is 14.3. The van der Waals surface area contributed by atoms with Crippen molar-refractivity contribution in [1.29, 1.82) is 0 Å². The Morgan fingerprint density at radius 2 is 2.32 bits per heavy atom. The standard InChI is InChI=1S/C13H12Cl2N2OS/c1-2-10(11-4-3-5-19-11)17-13(18)8-6-9(14)12(15)16-7-8/h3-7,10H,2H2,1H3,(H,17,18). The molecule has 2 heterocycles. The van der Waals surface area contributed by atoms with E-state index in [4.69, 9.17) is 23.2 Å². The van der Waals surface area contributed by atoms with Gasteiger partial charge in [0.25, 0.3) is 5.91 Å². The Bertz CT molecular complexity index is 572. The van der Waals surface area contributed by atoms with Crippen molar-refractivity contribution >= 4 is 40.4 Å². The molecule has 0 aliphatic carbocycles. The maximum Gasteiger partial charge on any atom is 0.253 e. The van der Waals surface area contributed by atoms with E-state index in [1.165, 1.54) is 12.3 Å². The Labute approximate surface area is 125 Å². The fraction of sp³-hybridized carbons (Fsp3) is 0.231. The highest BCUT2D eigenvalue weighted by molar-refractivity contribution is 7.10. The van der Waals surface area contributed by atoms with Gasteiger partial charge >= 0.3 is 0 Å². The zero-order valence-corrected chi connectivity index (χ0v) is 12.5. The molecule has 3 nitrogen and oxygen atoms in total. The first-order valence-electron chi connectivity index (χ1n) is 5.77. The fourth-order valence-corrected chi connectivity index (χ4v) is 2.78. The molecule has 0 aliphatic heterocycles. The third-order valence-corrected chi connectivity index (χ3v) is 4.33. The van der Waals surface area contributed by atoms with Gasteiger partial charge in [0.1, 0.15) is 5.15 Å². The van der Waals surface area contributed by atoms with Crippen LogP contribution in [0.4, 0.5) is 0 Å². The minimum atomic E-state index is -0.202. The molecule has 19 heavy (non-hydrogen) atoms. The summed E-state index contributed by atoms with van der Waals surface area (Å²) < 4.78 is 0. The van der Waals surface area contributed by atoms with Crippen molar-refractivity contribution in [1.82, 2.24) is 10.3 Å². The lowest BCUT2D eigenvalue weighted by atomic mass is 10.1. The van der Waals surface area contributed by atoms with E-state index in [1.807, 2.05) is 24.4 Å². The summed E-state index contributed by atoms with van der Waals surface area (Å²) in [5.74, 6) is -0.202. The maximum atomic E-state index is 12.1. The second kappa shape index (κ2) is 6.37. The van der Waals surface area contributed by atoms with Gasteiger partial charge < -0.3 is 5.32 Å². The van der Waals surface area contributed by atoms with Crippen LogP contribution in [0.25, 0.3) is 0 Å². The monoisotopic (exact) mass is 314 g/mol. The van der Waals surface area contributed by atoms with E-state index in [9.17, 15) is 4.79 Å². The van der Waals surface area contributed by atoms with Crippen LogP contribution in [0.3, 0.4) is 0 Å². The van der Waals surface area contributed by atoms with Crippen LogP contribution in [0.15, 0.2) is 29.8 Å². The minimum absolute atomic E-state index is 0.00181. The highest BCUT2D eigenvalue weighted by atomic mass is 35.5. The van der Waals surface area contributed by atoms with E-state index in [2.05, 4.69) is 10.3 Å². The number of pyridine rings is 1. The summed E-state index contributed by atoms with van der Waals surface area (Å²) in [6, 6.07) is 5.50. The largest absolute Gasteiger partial charge is 0.344 e. The number of nitrogens with one attached hydrogen (secondary N) is 1. The number of rotatable bonds is 4. The lowest BCUT2D eigenvalue weighted by Gasteiger charge is -2.15. The molecule has 0 fully saturated rings. The molecule has 1 atom stereocenters. The molecular formula is C13H12Cl2N2OS. The molecule has 1 N–H and O–H groups in total. The summed E-state index contributed by atoms with van der Waals surface area (Å²) in [7, 11) is 0. The lowest BCUT2D eigenvalue weighted by Crippen LogP contribution is -2.27. The number of carbonyl (C=O) groups is 1. The van der Waals surface area contributed by atoms with Crippen LogP contribution >= 0.6 is 34.5 Å². The molecule has 0 spiro atoms. The average molecular weight is 315 g/mol. The number of halogens is 2. The van der Waals surface area contributed by atoms with Gasteiger partial charge in [0.2, 0.25) is 0 Å². The summed E-state index contributed by atoms with van der Waals surface area (Å²) in [6.07, 6.45) is 2.24. The van der Waals surface area contributed by atoms with Crippen molar-refractivity contribution in [3.63, 3.8) is 0 Å². The van der Waals surface area contributed by atoms with E-state index in [0.29, 0.717) is 5.56 Å². The van der Waals surface area contributed by atoms with Gasteiger partial charge in [0.15, 0.2) is 0 Å². The number of nitrogens with zero attached hydrogens (tertiary/aromatic N) is 1. The van der Waals surface area contributed by atoms with Crippen molar-refractivity contribution in [2.24, 2.45) is 0 Å². The van der Waals surface area contributed by atoms with Gasteiger partial charge in [-0.2, -0.15) is 0 Å². The zero-order chi connectivity index (χ0) is 13.8. The van der Waals surface area contributed by atoms with Crippen LogP contribution in [0.2, 0.25) is 10.2 Å². The molecule has 0 aromatic carbocycles. The first-order chi connectivity index (χ1) is 9.11. The lowest BCUT2D eigenvalue weighted by molar-refractivity contribution is 0.0936. The van der Waals surface area contributed by atoms with Crippen molar-refractivity contribution in [3.05, 3.63) is 50.4 Å². The molecule has 2 rings (SSSR count). The third kappa shape index (κ3) is 3.47. The quantitative estimate of drug-likeness (QED) is 0.853. The Morgan fingerprint density at radius 3 is 2.89 bits per heavy atom. The summed E-state index contributed by atoms with van der Waals surface area (Å²) >= 11 is 13.2. The SMILES string of the molecule is CCC(NC(=O)c1cnc(Cl)c(Cl)c1)c1cccs1. The normalized spacial score (nSPS) is 12.2.